The molecule has 3 heterocycles. The van der Waals surface area contributed by atoms with Crippen molar-refractivity contribution in [2.75, 3.05) is 23.9 Å². The molecule has 0 spiro atoms. The molecule has 0 radical (unpaired) electrons. The number of methoxy groups -OCH3 is 1. The van der Waals surface area contributed by atoms with E-state index in [0.717, 1.165) is 50.8 Å². The predicted molar refractivity (Wildman–Crippen MR) is 165 cm³/mol. The summed E-state index contributed by atoms with van der Waals surface area (Å²) in [6.07, 6.45) is 1.81. The zero-order valence-corrected chi connectivity index (χ0v) is 24.7. The third-order valence-corrected chi connectivity index (χ3v) is 7.89. The van der Waals surface area contributed by atoms with Gasteiger partial charge in [-0.15, -0.1) is 0 Å². The zero-order chi connectivity index (χ0) is 28.6. The Hall–Kier alpha value is -3.72. The van der Waals surface area contributed by atoms with Gasteiger partial charge in [0, 0.05) is 46.8 Å². The molecule has 40 heavy (non-hydrogen) atoms. The topological polar surface area (TPSA) is 71.4 Å². The fourth-order valence-corrected chi connectivity index (χ4v) is 6.00. The van der Waals surface area contributed by atoms with Crippen LogP contribution in [-0.2, 0) is 9.53 Å². The number of pyridine rings is 1. The maximum atomic E-state index is 12.1. The minimum absolute atomic E-state index is 0.00311. The Morgan fingerprint density at radius 3 is 2.58 bits per heavy atom. The lowest BCUT2D eigenvalue weighted by atomic mass is 9.96. The maximum Gasteiger partial charge on any atom is 0.250 e. The Bertz CT molecular complexity index is 1590. The van der Waals surface area contributed by atoms with E-state index in [1.165, 1.54) is 7.11 Å². The van der Waals surface area contributed by atoms with Crippen molar-refractivity contribution in [3.63, 3.8) is 0 Å². The molecule has 206 valence electrons. The van der Waals surface area contributed by atoms with Crippen molar-refractivity contribution in [1.29, 1.82) is 0 Å². The van der Waals surface area contributed by atoms with Gasteiger partial charge in [0.05, 0.1) is 17.8 Å². The molecule has 9 heteroatoms. The number of nitrogens with one attached hydrogen (secondary N) is 2. The fourth-order valence-electron chi connectivity index (χ4n) is 5.49. The molecule has 5 rings (SSSR count). The van der Waals surface area contributed by atoms with Crippen LogP contribution in [0.15, 0.2) is 66.9 Å². The summed E-state index contributed by atoms with van der Waals surface area (Å²) in [7, 11) is 1.50. The highest BCUT2D eigenvalue weighted by Crippen LogP contribution is 2.44. The summed E-state index contributed by atoms with van der Waals surface area (Å²) in [4.78, 5) is 19.0. The number of hydrogen-bond acceptors (Lipinski definition) is 4. The Morgan fingerprint density at radius 1 is 1.07 bits per heavy atom. The van der Waals surface area contributed by atoms with Crippen LogP contribution in [0.5, 0.6) is 0 Å². The number of nitrogens with zero attached hydrogens (tertiary/aromatic N) is 3. The first-order valence-corrected chi connectivity index (χ1v) is 13.8. The minimum Gasteiger partial charge on any atom is -0.375 e. The Balaban J connectivity index is 1.63. The summed E-state index contributed by atoms with van der Waals surface area (Å²) in [5, 5.41) is 7.76. The van der Waals surface area contributed by atoms with Crippen LogP contribution in [0.3, 0.4) is 0 Å². The lowest BCUT2D eigenvalue weighted by molar-refractivity contribution is -0.119. The van der Waals surface area contributed by atoms with E-state index < -0.39 is 0 Å². The normalized spacial score (nSPS) is 16.8. The molecule has 2 aromatic carbocycles. The second-order valence-corrected chi connectivity index (χ2v) is 10.9. The van der Waals surface area contributed by atoms with Crippen LogP contribution >= 0.6 is 23.8 Å². The summed E-state index contributed by atoms with van der Waals surface area (Å²) in [6.45, 7) is 8.31. The van der Waals surface area contributed by atoms with Gasteiger partial charge >= 0.3 is 0 Å². The van der Waals surface area contributed by atoms with Crippen molar-refractivity contribution < 1.29 is 9.53 Å². The quantitative estimate of drug-likeness (QED) is 0.245. The van der Waals surface area contributed by atoms with E-state index in [1.54, 1.807) is 6.20 Å². The number of amides is 1. The van der Waals surface area contributed by atoms with Gasteiger partial charge in [-0.25, -0.2) is 0 Å². The Kier molecular flexibility index (Phi) is 7.94. The number of halogens is 1. The number of aryl methyl sites for hydroxylation is 3. The van der Waals surface area contributed by atoms with E-state index in [-0.39, 0.29) is 24.6 Å². The van der Waals surface area contributed by atoms with Crippen molar-refractivity contribution >= 4 is 46.2 Å². The third-order valence-electron chi connectivity index (χ3n) is 7.34. The second kappa shape index (κ2) is 11.4. The van der Waals surface area contributed by atoms with E-state index in [1.807, 2.05) is 61.5 Å². The van der Waals surface area contributed by atoms with Crippen molar-refractivity contribution in [2.24, 2.45) is 0 Å². The minimum atomic E-state index is -0.200. The van der Waals surface area contributed by atoms with Crippen LogP contribution in [0, 0.1) is 27.7 Å². The largest absolute Gasteiger partial charge is 0.375 e. The lowest BCUT2D eigenvalue weighted by Gasteiger charge is -2.29. The van der Waals surface area contributed by atoms with E-state index in [2.05, 4.69) is 46.9 Å². The summed E-state index contributed by atoms with van der Waals surface area (Å²) in [6, 6.07) is 19.7. The Morgan fingerprint density at radius 2 is 1.88 bits per heavy atom. The molecular formula is C31H32ClN5O2S. The SMILES string of the molecule is COCC(=O)Nc1ccc(N2C(=S)NC(c3ccccn3)C2c2cc(C)n(-c3cc(Cl)ccc3C)c2C)cc1C. The average Bonchev–Trinajstić information content (AvgIpc) is 3.42. The fraction of sp³-hybridized carbons (Fsp3) is 0.258. The van der Waals surface area contributed by atoms with Gasteiger partial charge in [-0.3, -0.25) is 9.78 Å². The van der Waals surface area contributed by atoms with Gasteiger partial charge in [0.2, 0.25) is 5.91 Å². The van der Waals surface area contributed by atoms with Gasteiger partial charge in [-0.05, 0) is 105 Å². The van der Waals surface area contributed by atoms with Crippen LogP contribution < -0.4 is 15.5 Å². The molecule has 1 saturated heterocycles. The zero-order valence-electron chi connectivity index (χ0n) is 23.2. The summed E-state index contributed by atoms with van der Waals surface area (Å²) in [5.74, 6) is -0.200. The second-order valence-electron chi connectivity index (χ2n) is 10.1. The molecule has 0 aliphatic carbocycles. The third kappa shape index (κ3) is 5.22. The van der Waals surface area contributed by atoms with Crippen molar-refractivity contribution in [3.8, 4) is 5.69 Å². The first-order valence-electron chi connectivity index (χ1n) is 13.0. The lowest BCUT2D eigenvalue weighted by Crippen LogP contribution is -2.29. The van der Waals surface area contributed by atoms with Gasteiger partial charge in [0.1, 0.15) is 6.61 Å². The van der Waals surface area contributed by atoms with Gasteiger partial charge in [0.25, 0.3) is 0 Å². The van der Waals surface area contributed by atoms with E-state index in [9.17, 15) is 4.79 Å². The Labute approximate surface area is 245 Å². The van der Waals surface area contributed by atoms with Crippen molar-refractivity contribution in [3.05, 3.63) is 106 Å². The van der Waals surface area contributed by atoms with E-state index in [4.69, 9.17) is 33.5 Å². The van der Waals surface area contributed by atoms with Crippen molar-refractivity contribution in [1.82, 2.24) is 14.9 Å². The molecule has 1 aliphatic rings. The summed E-state index contributed by atoms with van der Waals surface area (Å²) < 4.78 is 7.21. The maximum absolute atomic E-state index is 12.1. The smallest absolute Gasteiger partial charge is 0.250 e. The molecule has 0 bridgehead atoms. The molecule has 2 N–H and O–H groups in total. The molecule has 1 aliphatic heterocycles. The predicted octanol–water partition coefficient (Wildman–Crippen LogP) is 6.52. The number of carbonyl (C=O) groups is 1. The van der Waals surface area contributed by atoms with Crippen molar-refractivity contribution in [2.45, 2.75) is 39.8 Å². The van der Waals surface area contributed by atoms with E-state index >= 15 is 0 Å². The van der Waals surface area contributed by atoms with E-state index in [0.29, 0.717) is 10.1 Å². The first kappa shape index (κ1) is 27.8. The molecule has 0 saturated carbocycles. The molecule has 2 aromatic heterocycles. The van der Waals surface area contributed by atoms with Gasteiger partial charge < -0.3 is 24.8 Å². The molecule has 1 fully saturated rings. The number of benzene rings is 2. The highest BCUT2D eigenvalue weighted by molar-refractivity contribution is 7.80. The van der Waals surface area contributed by atoms with Crippen LogP contribution in [0.4, 0.5) is 11.4 Å². The van der Waals surface area contributed by atoms with Crippen LogP contribution in [0.1, 0.15) is 45.9 Å². The van der Waals surface area contributed by atoms with Crippen LogP contribution in [-0.4, -0.2) is 34.3 Å². The summed E-state index contributed by atoms with van der Waals surface area (Å²) in [5.41, 5.74) is 9.01. The molecule has 4 aromatic rings. The number of aromatic nitrogens is 2. The molecule has 2 atom stereocenters. The molecule has 7 nitrogen and oxygen atoms in total. The number of anilines is 2. The number of thiocarbonyl (C=S) groups is 1. The number of carbonyl (C=O) groups excluding carboxylic acids is 1. The number of rotatable bonds is 7. The number of hydrogen-bond donors (Lipinski definition) is 2. The highest BCUT2D eigenvalue weighted by atomic mass is 35.5. The highest BCUT2D eigenvalue weighted by Gasteiger charge is 2.42. The molecule has 1 amide bonds. The van der Waals surface area contributed by atoms with Gasteiger partial charge in [-0.1, -0.05) is 23.7 Å². The van der Waals surface area contributed by atoms with Crippen LogP contribution in [0.25, 0.3) is 5.69 Å². The number of ether oxygens (including phenoxy) is 1. The van der Waals surface area contributed by atoms with Gasteiger partial charge in [-0.2, -0.15) is 0 Å². The standard InChI is InChI=1S/C31H32ClN5O2S/c1-18-9-10-22(32)16-27(18)36-20(3)15-24(21(36)4)30-29(26-8-6-7-13-33-26)35-31(40)37(30)23-11-12-25(19(2)14-23)34-28(38)17-39-5/h6-16,29-30H,17H2,1-5H3,(H,34,38)(H,35,40). The van der Waals surface area contributed by atoms with Gasteiger partial charge in [0.15, 0.2) is 5.11 Å². The van der Waals surface area contributed by atoms with Crippen LogP contribution in [0.2, 0.25) is 5.02 Å². The average molecular weight is 574 g/mol. The molecular weight excluding hydrogens is 542 g/mol. The monoisotopic (exact) mass is 573 g/mol. The first-order chi connectivity index (χ1) is 19.2. The molecule has 2 unspecified atom stereocenters. The summed E-state index contributed by atoms with van der Waals surface area (Å²) >= 11 is 12.4.